The normalized spacial score (nSPS) is 11.1. The summed E-state index contributed by atoms with van der Waals surface area (Å²) in [7, 11) is -4.31. The van der Waals surface area contributed by atoms with Gasteiger partial charge in [-0.05, 0) is 18.2 Å². The molecule has 0 spiro atoms. The monoisotopic (exact) mass is 245 g/mol. The van der Waals surface area contributed by atoms with E-state index in [0.717, 1.165) is 6.07 Å². The number of amides is 1. The number of hydrogen-bond donors (Lipinski definition) is 3. The molecule has 0 aliphatic rings. The Bertz CT molecular complexity index is 482. The Morgan fingerprint density at radius 3 is 2.62 bits per heavy atom. The van der Waals surface area contributed by atoms with Crippen LogP contribution in [0, 0.1) is 0 Å². The average molecular weight is 245 g/mol. The van der Waals surface area contributed by atoms with Crippen molar-refractivity contribution in [1.82, 2.24) is 5.32 Å². The van der Waals surface area contributed by atoms with Crippen LogP contribution in [0.25, 0.3) is 0 Å². The Morgan fingerprint density at radius 1 is 1.38 bits per heavy atom. The van der Waals surface area contributed by atoms with Crippen LogP contribution in [0.5, 0.6) is 0 Å². The summed E-state index contributed by atoms with van der Waals surface area (Å²) >= 11 is 0. The lowest BCUT2D eigenvalue weighted by Crippen LogP contribution is -2.26. The molecule has 0 saturated heterocycles. The summed E-state index contributed by atoms with van der Waals surface area (Å²) < 4.78 is 30.4. The summed E-state index contributed by atoms with van der Waals surface area (Å²) in [6.45, 7) is -0.126. The number of hydrogen-bond acceptors (Lipinski definition) is 4. The number of aliphatic hydroxyl groups excluding tert-OH is 1. The first-order chi connectivity index (χ1) is 7.45. The van der Waals surface area contributed by atoms with Gasteiger partial charge in [0, 0.05) is 12.1 Å². The van der Waals surface area contributed by atoms with Crippen LogP contribution in [0.1, 0.15) is 10.4 Å². The van der Waals surface area contributed by atoms with E-state index in [-0.39, 0.29) is 23.6 Å². The van der Waals surface area contributed by atoms with E-state index >= 15 is 0 Å². The first kappa shape index (κ1) is 12.6. The number of nitrogens with one attached hydrogen (secondary N) is 1. The van der Waals surface area contributed by atoms with E-state index in [0.29, 0.717) is 0 Å². The van der Waals surface area contributed by atoms with Crippen molar-refractivity contribution in [3.63, 3.8) is 0 Å². The summed E-state index contributed by atoms with van der Waals surface area (Å²) in [5.41, 5.74) is 0.101. The van der Waals surface area contributed by atoms with Crippen LogP contribution in [0.15, 0.2) is 29.2 Å². The molecular formula is C9H11NO5S. The molecular weight excluding hydrogens is 234 g/mol. The van der Waals surface area contributed by atoms with E-state index in [4.69, 9.17) is 9.66 Å². The van der Waals surface area contributed by atoms with E-state index in [2.05, 4.69) is 5.32 Å². The summed E-state index contributed by atoms with van der Waals surface area (Å²) in [4.78, 5) is 11.0. The molecule has 0 heterocycles. The Morgan fingerprint density at radius 2 is 2.06 bits per heavy atom. The molecule has 0 bridgehead atoms. The van der Waals surface area contributed by atoms with E-state index in [9.17, 15) is 13.2 Å². The lowest BCUT2D eigenvalue weighted by Gasteiger charge is -2.04. The third-order valence-corrected chi connectivity index (χ3v) is 2.64. The van der Waals surface area contributed by atoms with Gasteiger partial charge in [-0.3, -0.25) is 9.35 Å². The second-order valence-electron chi connectivity index (χ2n) is 2.98. The number of aliphatic hydroxyl groups is 1. The number of carbonyl (C=O) groups is 1. The molecule has 0 saturated carbocycles. The average Bonchev–Trinajstić information content (AvgIpc) is 2.25. The van der Waals surface area contributed by atoms with E-state index in [1.165, 1.54) is 18.2 Å². The first-order valence-electron chi connectivity index (χ1n) is 4.42. The highest BCUT2D eigenvalue weighted by molar-refractivity contribution is 7.85. The van der Waals surface area contributed by atoms with Gasteiger partial charge in [-0.1, -0.05) is 6.07 Å². The fourth-order valence-electron chi connectivity index (χ4n) is 1.07. The Balaban J connectivity index is 2.95. The predicted octanol–water partition coefficient (Wildman–Crippen LogP) is -0.345. The molecule has 0 aromatic heterocycles. The summed E-state index contributed by atoms with van der Waals surface area (Å²) in [6, 6.07) is 4.98. The summed E-state index contributed by atoms with van der Waals surface area (Å²) in [6.07, 6.45) is 0. The molecule has 0 radical (unpaired) electrons. The van der Waals surface area contributed by atoms with Crippen molar-refractivity contribution >= 4 is 16.0 Å². The van der Waals surface area contributed by atoms with Crippen LogP contribution in [-0.2, 0) is 10.1 Å². The minimum atomic E-state index is -4.31. The third-order valence-electron chi connectivity index (χ3n) is 1.79. The molecule has 88 valence electrons. The van der Waals surface area contributed by atoms with Crippen molar-refractivity contribution < 1.29 is 22.9 Å². The smallest absolute Gasteiger partial charge is 0.294 e. The zero-order valence-electron chi connectivity index (χ0n) is 8.25. The molecule has 6 nitrogen and oxygen atoms in total. The second kappa shape index (κ2) is 5.06. The van der Waals surface area contributed by atoms with Crippen molar-refractivity contribution in [3.8, 4) is 0 Å². The number of carbonyl (C=O) groups excluding carboxylic acids is 1. The molecule has 0 unspecified atom stereocenters. The van der Waals surface area contributed by atoms with Gasteiger partial charge < -0.3 is 10.4 Å². The lowest BCUT2D eigenvalue weighted by molar-refractivity contribution is 0.0944. The van der Waals surface area contributed by atoms with Crippen LogP contribution in [0.2, 0.25) is 0 Å². The minimum absolute atomic E-state index is 0.0783. The molecule has 1 aromatic rings. The van der Waals surface area contributed by atoms with Gasteiger partial charge in [0.1, 0.15) is 0 Å². The Hall–Kier alpha value is -1.44. The molecule has 0 atom stereocenters. The van der Waals surface area contributed by atoms with Crippen molar-refractivity contribution in [1.29, 1.82) is 0 Å². The topological polar surface area (TPSA) is 104 Å². The molecule has 7 heteroatoms. The van der Waals surface area contributed by atoms with Crippen LogP contribution < -0.4 is 5.32 Å². The van der Waals surface area contributed by atoms with Crippen LogP contribution in [-0.4, -0.2) is 37.1 Å². The van der Waals surface area contributed by atoms with Gasteiger partial charge in [0.15, 0.2) is 0 Å². The number of benzene rings is 1. The van der Waals surface area contributed by atoms with Crippen LogP contribution >= 0.6 is 0 Å². The molecule has 1 rings (SSSR count). The zero-order chi connectivity index (χ0) is 12.2. The first-order valence-corrected chi connectivity index (χ1v) is 5.86. The molecule has 0 fully saturated rings. The maximum Gasteiger partial charge on any atom is 0.294 e. The summed E-state index contributed by atoms with van der Waals surface area (Å²) in [5.74, 6) is -0.514. The molecule has 0 aliphatic carbocycles. The van der Waals surface area contributed by atoms with E-state index in [1.807, 2.05) is 0 Å². The predicted molar refractivity (Wildman–Crippen MR) is 55.7 cm³/mol. The molecule has 0 aliphatic heterocycles. The molecule has 3 N–H and O–H groups in total. The highest BCUT2D eigenvalue weighted by atomic mass is 32.2. The molecule has 1 amide bonds. The third kappa shape index (κ3) is 3.30. The van der Waals surface area contributed by atoms with Gasteiger partial charge in [-0.15, -0.1) is 0 Å². The highest BCUT2D eigenvalue weighted by Crippen LogP contribution is 2.10. The zero-order valence-corrected chi connectivity index (χ0v) is 9.07. The van der Waals surface area contributed by atoms with Gasteiger partial charge in [0.05, 0.1) is 11.5 Å². The Labute approximate surface area is 92.7 Å². The van der Waals surface area contributed by atoms with E-state index < -0.39 is 16.0 Å². The fourth-order valence-corrected chi connectivity index (χ4v) is 1.60. The van der Waals surface area contributed by atoms with Crippen molar-refractivity contribution in [3.05, 3.63) is 29.8 Å². The van der Waals surface area contributed by atoms with E-state index in [1.54, 1.807) is 0 Å². The lowest BCUT2D eigenvalue weighted by atomic mass is 10.2. The van der Waals surface area contributed by atoms with Gasteiger partial charge in [0.2, 0.25) is 0 Å². The van der Waals surface area contributed by atoms with Gasteiger partial charge in [-0.25, -0.2) is 0 Å². The quantitative estimate of drug-likeness (QED) is 0.629. The van der Waals surface area contributed by atoms with Crippen molar-refractivity contribution in [2.24, 2.45) is 0 Å². The number of rotatable bonds is 4. The molecule has 16 heavy (non-hydrogen) atoms. The SMILES string of the molecule is O=C(NCCO)c1cccc(S(=O)(=O)O)c1. The van der Waals surface area contributed by atoms with Crippen LogP contribution in [0.4, 0.5) is 0 Å². The maximum atomic E-state index is 11.4. The summed E-state index contributed by atoms with van der Waals surface area (Å²) in [5, 5.41) is 10.9. The largest absolute Gasteiger partial charge is 0.395 e. The van der Waals surface area contributed by atoms with Crippen molar-refractivity contribution in [2.75, 3.05) is 13.2 Å². The van der Waals surface area contributed by atoms with Crippen molar-refractivity contribution in [2.45, 2.75) is 4.90 Å². The van der Waals surface area contributed by atoms with Crippen LogP contribution in [0.3, 0.4) is 0 Å². The molecule has 1 aromatic carbocycles. The maximum absolute atomic E-state index is 11.4. The Kier molecular flexibility index (Phi) is 3.99. The fraction of sp³-hybridized carbons (Fsp3) is 0.222. The van der Waals surface area contributed by atoms with Gasteiger partial charge >= 0.3 is 0 Å². The van der Waals surface area contributed by atoms with Gasteiger partial charge in [-0.2, -0.15) is 8.42 Å². The second-order valence-corrected chi connectivity index (χ2v) is 4.40. The minimum Gasteiger partial charge on any atom is -0.395 e. The van der Waals surface area contributed by atoms with Gasteiger partial charge in [0.25, 0.3) is 16.0 Å². The highest BCUT2D eigenvalue weighted by Gasteiger charge is 2.12. The standard InChI is InChI=1S/C9H11NO5S/c11-5-4-10-9(12)7-2-1-3-8(6-7)16(13,14)15/h1-3,6,11H,4-5H2,(H,10,12)(H,13,14,15).